The van der Waals surface area contributed by atoms with Crippen molar-refractivity contribution in [3.05, 3.63) is 67.9 Å². The second kappa shape index (κ2) is 8.78. The molecule has 4 rings (SSSR count). The molecule has 1 N–H and O–H groups in total. The highest BCUT2D eigenvalue weighted by Gasteiger charge is 2.17. The zero-order valence-corrected chi connectivity index (χ0v) is 17.6. The Hall–Kier alpha value is -3.37. The molecule has 0 bridgehead atoms. The molecule has 3 aromatic heterocycles. The summed E-state index contributed by atoms with van der Waals surface area (Å²) in [6.45, 7) is 1.85. The number of carbonyl (C=O) groups is 1. The van der Waals surface area contributed by atoms with E-state index < -0.39 is 11.8 Å². The highest BCUT2D eigenvalue weighted by atomic mass is 35.5. The number of aromatic amines is 1. The molecule has 0 saturated heterocycles. The predicted molar refractivity (Wildman–Crippen MR) is 113 cm³/mol. The highest BCUT2D eigenvalue weighted by molar-refractivity contribution is 7.11. The standard InChI is InChI=1S/C20H14ClFN4O4S/c1-2-29-20(28)19-24-14(9-31-19)17-16-11(5-6-23-17)18(27)26-15(25-16)8-30-10-3-4-13(22)12(21)7-10/h3-7,9H,2,8H2,1H3,(H,25,26,27). The van der Waals surface area contributed by atoms with Gasteiger partial charge in [0.15, 0.2) is 0 Å². The van der Waals surface area contributed by atoms with Crippen LogP contribution in [-0.4, -0.2) is 32.5 Å². The molecule has 0 aliphatic rings. The summed E-state index contributed by atoms with van der Waals surface area (Å²) in [5, 5.41) is 2.06. The molecule has 158 valence electrons. The lowest BCUT2D eigenvalue weighted by atomic mass is 10.2. The number of fused-ring (bicyclic) bond motifs is 1. The minimum atomic E-state index is -0.563. The second-order valence-corrected chi connectivity index (χ2v) is 7.46. The molecule has 0 fully saturated rings. The topological polar surface area (TPSA) is 107 Å². The summed E-state index contributed by atoms with van der Waals surface area (Å²) in [6.07, 6.45) is 1.47. The number of rotatable bonds is 6. The van der Waals surface area contributed by atoms with Gasteiger partial charge >= 0.3 is 5.97 Å². The van der Waals surface area contributed by atoms with Crippen LogP contribution < -0.4 is 10.3 Å². The number of thiazole rings is 1. The first kappa shape index (κ1) is 20.9. The van der Waals surface area contributed by atoms with Crippen LogP contribution in [0.15, 0.2) is 40.6 Å². The van der Waals surface area contributed by atoms with Crippen LogP contribution >= 0.6 is 22.9 Å². The molecule has 0 atom stereocenters. The summed E-state index contributed by atoms with van der Waals surface area (Å²) in [7, 11) is 0. The molecule has 31 heavy (non-hydrogen) atoms. The van der Waals surface area contributed by atoms with E-state index in [0.717, 1.165) is 11.3 Å². The van der Waals surface area contributed by atoms with Gasteiger partial charge in [0, 0.05) is 17.6 Å². The molecule has 0 unspecified atom stereocenters. The van der Waals surface area contributed by atoms with Gasteiger partial charge in [0.05, 0.1) is 17.0 Å². The van der Waals surface area contributed by atoms with Crippen molar-refractivity contribution in [2.75, 3.05) is 6.61 Å². The number of carbonyl (C=O) groups excluding carboxylic acids is 1. The maximum Gasteiger partial charge on any atom is 0.367 e. The van der Waals surface area contributed by atoms with E-state index in [1.165, 1.54) is 30.5 Å². The maximum atomic E-state index is 13.3. The van der Waals surface area contributed by atoms with E-state index >= 15 is 0 Å². The van der Waals surface area contributed by atoms with E-state index in [9.17, 15) is 14.0 Å². The van der Waals surface area contributed by atoms with Gasteiger partial charge < -0.3 is 14.5 Å². The summed E-state index contributed by atoms with van der Waals surface area (Å²) in [5.41, 5.74) is 0.670. The first-order valence-corrected chi connectivity index (χ1v) is 10.3. The van der Waals surface area contributed by atoms with Crippen molar-refractivity contribution >= 4 is 39.8 Å². The number of nitrogens with zero attached hydrogens (tertiary/aromatic N) is 3. The Labute approximate surface area is 183 Å². The second-order valence-electron chi connectivity index (χ2n) is 6.19. The number of nitrogens with one attached hydrogen (secondary N) is 1. The van der Waals surface area contributed by atoms with Gasteiger partial charge in [-0.3, -0.25) is 9.78 Å². The number of aromatic nitrogens is 4. The molecular formula is C20H14ClFN4O4S. The van der Waals surface area contributed by atoms with E-state index in [4.69, 9.17) is 21.1 Å². The predicted octanol–water partition coefficient (Wildman–Crippen LogP) is 3.99. The molecule has 8 nitrogen and oxygen atoms in total. The lowest BCUT2D eigenvalue weighted by molar-refractivity contribution is 0.0526. The van der Waals surface area contributed by atoms with Gasteiger partial charge in [-0.2, -0.15) is 0 Å². The highest BCUT2D eigenvalue weighted by Crippen LogP contribution is 2.26. The zero-order chi connectivity index (χ0) is 22.0. The van der Waals surface area contributed by atoms with E-state index in [2.05, 4.69) is 19.9 Å². The fraction of sp³-hybridized carbons (Fsp3) is 0.150. The third-order valence-corrected chi connectivity index (χ3v) is 5.25. The number of esters is 1. The van der Waals surface area contributed by atoms with E-state index in [1.807, 2.05) is 0 Å². The van der Waals surface area contributed by atoms with Crippen LogP contribution in [-0.2, 0) is 11.3 Å². The largest absolute Gasteiger partial charge is 0.486 e. The molecule has 0 spiro atoms. The first-order chi connectivity index (χ1) is 15.0. The van der Waals surface area contributed by atoms with Crippen molar-refractivity contribution < 1.29 is 18.7 Å². The number of benzene rings is 1. The summed E-state index contributed by atoms with van der Waals surface area (Å²) >= 11 is 6.87. The molecule has 4 aromatic rings. The number of ether oxygens (including phenoxy) is 2. The molecular weight excluding hydrogens is 447 g/mol. The zero-order valence-electron chi connectivity index (χ0n) is 16.0. The Balaban J connectivity index is 1.68. The van der Waals surface area contributed by atoms with Crippen molar-refractivity contribution in [1.82, 2.24) is 19.9 Å². The number of H-pyrrole nitrogens is 1. The average Bonchev–Trinajstić information content (AvgIpc) is 3.25. The van der Waals surface area contributed by atoms with Gasteiger partial charge in [-0.1, -0.05) is 11.6 Å². The molecule has 3 heterocycles. The summed E-state index contributed by atoms with van der Waals surface area (Å²) in [6, 6.07) is 5.46. The van der Waals surface area contributed by atoms with Crippen LogP contribution in [0.5, 0.6) is 5.75 Å². The van der Waals surface area contributed by atoms with Crippen LogP contribution in [0, 0.1) is 5.82 Å². The Morgan fingerprint density at radius 2 is 2.13 bits per heavy atom. The minimum Gasteiger partial charge on any atom is -0.486 e. The molecule has 1 aromatic carbocycles. The van der Waals surface area contributed by atoms with Gasteiger partial charge in [-0.15, -0.1) is 11.3 Å². The summed E-state index contributed by atoms with van der Waals surface area (Å²) in [5.74, 6) is -0.545. The first-order valence-electron chi connectivity index (χ1n) is 9.05. The quantitative estimate of drug-likeness (QED) is 0.433. The van der Waals surface area contributed by atoms with Crippen LogP contribution in [0.3, 0.4) is 0 Å². The number of halogens is 2. The molecule has 0 radical (unpaired) electrons. The summed E-state index contributed by atoms with van der Waals surface area (Å²) in [4.78, 5) is 40.1. The van der Waals surface area contributed by atoms with Crippen LogP contribution in [0.25, 0.3) is 22.3 Å². The van der Waals surface area contributed by atoms with Crippen LogP contribution in [0.1, 0.15) is 22.6 Å². The fourth-order valence-electron chi connectivity index (χ4n) is 2.75. The fourth-order valence-corrected chi connectivity index (χ4v) is 3.62. The van der Waals surface area contributed by atoms with Crippen molar-refractivity contribution in [2.45, 2.75) is 13.5 Å². The van der Waals surface area contributed by atoms with E-state index in [-0.39, 0.29) is 34.6 Å². The molecule has 11 heteroatoms. The van der Waals surface area contributed by atoms with E-state index in [1.54, 1.807) is 12.3 Å². The third kappa shape index (κ3) is 4.39. The lowest BCUT2D eigenvalue weighted by Gasteiger charge is -2.08. The van der Waals surface area contributed by atoms with Gasteiger partial charge in [0.1, 0.15) is 40.9 Å². The number of hydrogen-bond donors (Lipinski definition) is 1. The van der Waals surface area contributed by atoms with Gasteiger partial charge in [0.2, 0.25) is 5.01 Å². The molecule has 0 aliphatic heterocycles. The minimum absolute atomic E-state index is 0.0788. The monoisotopic (exact) mass is 460 g/mol. The Bertz CT molecular complexity index is 1340. The summed E-state index contributed by atoms with van der Waals surface area (Å²) < 4.78 is 23.8. The average molecular weight is 461 g/mol. The van der Waals surface area contributed by atoms with Crippen molar-refractivity contribution in [2.24, 2.45) is 0 Å². The number of hydrogen-bond acceptors (Lipinski definition) is 8. The Morgan fingerprint density at radius 1 is 1.29 bits per heavy atom. The SMILES string of the molecule is CCOC(=O)c1nc(-c2nccc3c(=O)[nH]c(COc4ccc(F)c(Cl)c4)nc23)cs1. The van der Waals surface area contributed by atoms with Crippen LogP contribution in [0.4, 0.5) is 4.39 Å². The number of pyridine rings is 1. The molecule has 0 aliphatic carbocycles. The van der Waals surface area contributed by atoms with Gasteiger partial charge in [-0.05, 0) is 25.1 Å². The van der Waals surface area contributed by atoms with Crippen LogP contribution in [0.2, 0.25) is 5.02 Å². The van der Waals surface area contributed by atoms with Crippen molar-refractivity contribution in [3.8, 4) is 17.1 Å². The maximum absolute atomic E-state index is 13.3. The Kier molecular flexibility index (Phi) is 5.92. The third-order valence-electron chi connectivity index (χ3n) is 4.14. The smallest absolute Gasteiger partial charge is 0.367 e. The lowest BCUT2D eigenvalue weighted by Crippen LogP contribution is -2.14. The van der Waals surface area contributed by atoms with E-state index in [0.29, 0.717) is 28.0 Å². The van der Waals surface area contributed by atoms with Gasteiger partial charge in [0.25, 0.3) is 5.56 Å². The molecule has 0 saturated carbocycles. The van der Waals surface area contributed by atoms with Gasteiger partial charge in [-0.25, -0.2) is 19.2 Å². The van der Waals surface area contributed by atoms with Crippen molar-refractivity contribution in [3.63, 3.8) is 0 Å². The van der Waals surface area contributed by atoms with Crippen molar-refractivity contribution in [1.29, 1.82) is 0 Å². The normalized spacial score (nSPS) is 10.9. The molecule has 0 amide bonds. The Morgan fingerprint density at radius 3 is 2.90 bits per heavy atom.